The molecule has 144 valence electrons. The second kappa shape index (κ2) is 9.31. The first kappa shape index (κ1) is 20.6. The van der Waals surface area contributed by atoms with Gasteiger partial charge in [0, 0.05) is 31.0 Å². The number of hydrogen-bond donors (Lipinski definition) is 0. The molecule has 27 heavy (non-hydrogen) atoms. The van der Waals surface area contributed by atoms with Crippen LogP contribution >= 0.6 is 0 Å². The minimum Gasteiger partial charge on any atom is -0.466 e. The van der Waals surface area contributed by atoms with E-state index in [1.54, 1.807) is 24.2 Å². The summed E-state index contributed by atoms with van der Waals surface area (Å²) in [4.78, 5) is 30.5. The fraction of sp³-hybridized carbons (Fsp3) is 0.409. The lowest BCUT2D eigenvalue weighted by Gasteiger charge is -2.24. The van der Waals surface area contributed by atoms with Crippen molar-refractivity contribution in [2.24, 2.45) is 0 Å². The predicted molar refractivity (Wildman–Crippen MR) is 105 cm³/mol. The van der Waals surface area contributed by atoms with Gasteiger partial charge < -0.3 is 9.64 Å². The van der Waals surface area contributed by atoms with Crippen LogP contribution in [0.15, 0.2) is 48.8 Å². The van der Waals surface area contributed by atoms with Crippen LogP contribution < -0.4 is 0 Å². The molecule has 0 unspecified atom stereocenters. The summed E-state index contributed by atoms with van der Waals surface area (Å²) in [6, 6.07) is 11.4. The van der Waals surface area contributed by atoms with E-state index in [4.69, 9.17) is 4.74 Å². The zero-order valence-electron chi connectivity index (χ0n) is 16.6. The molecule has 0 atom stereocenters. The molecule has 1 heterocycles. The summed E-state index contributed by atoms with van der Waals surface area (Å²) >= 11 is 0. The molecular weight excluding hydrogens is 340 g/mol. The predicted octanol–water partition coefficient (Wildman–Crippen LogP) is 3.97. The van der Waals surface area contributed by atoms with Crippen LogP contribution in [0.5, 0.6) is 0 Å². The van der Waals surface area contributed by atoms with E-state index < -0.39 is 0 Å². The van der Waals surface area contributed by atoms with Gasteiger partial charge in [0.05, 0.1) is 13.0 Å². The average Bonchev–Trinajstić information content (AvgIpc) is 2.65. The Labute approximate surface area is 161 Å². The smallest absolute Gasteiger partial charge is 0.307 e. The first-order valence-electron chi connectivity index (χ1n) is 9.25. The summed E-state index contributed by atoms with van der Waals surface area (Å²) in [7, 11) is 0. The van der Waals surface area contributed by atoms with Crippen LogP contribution in [0.2, 0.25) is 0 Å². The minimum absolute atomic E-state index is 0.0300. The van der Waals surface area contributed by atoms with Gasteiger partial charge in [-0.2, -0.15) is 0 Å². The van der Waals surface area contributed by atoms with Crippen LogP contribution in [0.25, 0.3) is 0 Å². The highest BCUT2D eigenvalue weighted by atomic mass is 16.5. The highest BCUT2D eigenvalue weighted by Crippen LogP contribution is 2.22. The Bertz CT molecular complexity index is 749. The van der Waals surface area contributed by atoms with Crippen LogP contribution in [-0.2, 0) is 21.5 Å². The molecule has 5 nitrogen and oxygen atoms in total. The number of amides is 1. The lowest BCUT2D eigenvalue weighted by atomic mass is 9.86. The SMILES string of the molecule is CCOC(=O)CCN(Cc1ccncc1)C(=O)c1ccc(C(C)(C)C)cc1. The van der Waals surface area contributed by atoms with E-state index in [0.29, 0.717) is 25.3 Å². The van der Waals surface area contributed by atoms with Gasteiger partial charge in [-0.1, -0.05) is 32.9 Å². The zero-order chi connectivity index (χ0) is 19.9. The Hall–Kier alpha value is -2.69. The van der Waals surface area contributed by atoms with Crippen molar-refractivity contribution in [2.75, 3.05) is 13.2 Å². The number of carbonyl (C=O) groups is 2. The van der Waals surface area contributed by atoms with Gasteiger partial charge in [-0.3, -0.25) is 14.6 Å². The van der Waals surface area contributed by atoms with Crippen LogP contribution in [0.4, 0.5) is 0 Å². The number of benzene rings is 1. The van der Waals surface area contributed by atoms with Crippen molar-refractivity contribution in [3.63, 3.8) is 0 Å². The van der Waals surface area contributed by atoms with Crippen molar-refractivity contribution in [1.29, 1.82) is 0 Å². The largest absolute Gasteiger partial charge is 0.466 e. The van der Waals surface area contributed by atoms with Gasteiger partial charge in [-0.25, -0.2) is 0 Å². The number of ether oxygens (including phenoxy) is 1. The van der Waals surface area contributed by atoms with E-state index in [0.717, 1.165) is 5.56 Å². The van der Waals surface area contributed by atoms with Gasteiger partial charge >= 0.3 is 5.97 Å². The van der Waals surface area contributed by atoms with Crippen LogP contribution in [0.1, 0.15) is 55.6 Å². The zero-order valence-corrected chi connectivity index (χ0v) is 16.6. The molecule has 0 spiro atoms. The van der Waals surface area contributed by atoms with Crippen molar-refractivity contribution < 1.29 is 14.3 Å². The molecule has 0 aliphatic rings. The first-order chi connectivity index (χ1) is 12.8. The third kappa shape index (κ3) is 6.20. The van der Waals surface area contributed by atoms with E-state index in [1.165, 1.54) is 5.56 Å². The number of esters is 1. The molecule has 2 rings (SSSR count). The van der Waals surface area contributed by atoms with Gasteiger partial charge in [-0.15, -0.1) is 0 Å². The first-order valence-corrected chi connectivity index (χ1v) is 9.25. The van der Waals surface area contributed by atoms with Gasteiger partial charge in [-0.05, 0) is 47.7 Å². The summed E-state index contributed by atoms with van der Waals surface area (Å²) < 4.78 is 4.99. The molecule has 1 aromatic carbocycles. The molecular formula is C22H28N2O3. The fourth-order valence-electron chi connectivity index (χ4n) is 2.72. The standard InChI is InChI=1S/C22H28N2O3/c1-5-27-20(25)12-15-24(16-17-10-13-23-14-11-17)21(26)18-6-8-19(9-7-18)22(2,3)4/h6-11,13-14H,5,12,15-16H2,1-4H3. The molecule has 0 radical (unpaired) electrons. The molecule has 1 amide bonds. The summed E-state index contributed by atoms with van der Waals surface area (Å²) in [6.07, 6.45) is 3.56. The Kier molecular flexibility index (Phi) is 7.11. The van der Waals surface area contributed by atoms with E-state index in [1.807, 2.05) is 36.4 Å². The second-order valence-corrected chi connectivity index (χ2v) is 7.46. The van der Waals surface area contributed by atoms with E-state index in [-0.39, 0.29) is 23.7 Å². The van der Waals surface area contributed by atoms with Crippen molar-refractivity contribution in [2.45, 2.75) is 46.1 Å². The van der Waals surface area contributed by atoms with Gasteiger partial charge in [0.2, 0.25) is 0 Å². The van der Waals surface area contributed by atoms with E-state index in [2.05, 4.69) is 25.8 Å². The number of rotatable bonds is 7. The topological polar surface area (TPSA) is 59.5 Å². The van der Waals surface area contributed by atoms with Crippen LogP contribution in [-0.4, -0.2) is 34.9 Å². The number of aromatic nitrogens is 1. The maximum absolute atomic E-state index is 13.0. The Morgan fingerprint density at radius 3 is 2.22 bits per heavy atom. The molecule has 0 N–H and O–H groups in total. The Morgan fingerprint density at radius 1 is 1.04 bits per heavy atom. The number of hydrogen-bond acceptors (Lipinski definition) is 4. The highest BCUT2D eigenvalue weighted by Gasteiger charge is 2.19. The third-order valence-corrected chi connectivity index (χ3v) is 4.30. The highest BCUT2D eigenvalue weighted by molar-refractivity contribution is 5.94. The lowest BCUT2D eigenvalue weighted by molar-refractivity contribution is -0.143. The lowest BCUT2D eigenvalue weighted by Crippen LogP contribution is -2.33. The van der Waals surface area contributed by atoms with Crippen molar-refractivity contribution in [3.8, 4) is 0 Å². The quantitative estimate of drug-likeness (QED) is 0.694. The van der Waals surface area contributed by atoms with Crippen LogP contribution in [0, 0.1) is 0 Å². The number of nitrogens with zero attached hydrogens (tertiary/aromatic N) is 2. The fourth-order valence-corrected chi connectivity index (χ4v) is 2.72. The Morgan fingerprint density at radius 2 is 1.67 bits per heavy atom. The summed E-state index contributed by atoms with van der Waals surface area (Å²) in [5.41, 5.74) is 2.78. The second-order valence-electron chi connectivity index (χ2n) is 7.46. The summed E-state index contributed by atoms with van der Waals surface area (Å²) in [6.45, 7) is 9.25. The average molecular weight is 368 g/mol. The molecule has 0 fully saturated rings. The normalized spacial score (nSPS) is 11.1. The molecule has 0 saturated heterocycles. The van der Waals surface area contributed by atoms with Crippen molar-refractivity contribution in [3.05, 3.63) is 65.5 Å². The van der Waals surface area contributed by atoms with Crippen molar-refractivity contribution in [1.82, 2.24) is 9.88 Å². The third-order valence-electron chi connectivity index (χ3n) is 4.30. The Balaban J connectivity index is 2.17. The molecule has 0 saturated carbocycles. The molecule has 2 aromatic rings. The summed E-state index contributed by atoms with van der Waals surface area (Å²) in [5.74, 6) is -0.398. The number of pyridine rings is 1. The number of carbonyl (C=O) groups excluding carboxylic acids is 2. The minimum atomic E-state index is -0.298. The molecule has 0 aliphatic heterocycles. The van der Waals surface area contributed by atoms with E-state index >= 15 is 0 Å². The molecule has 5 heteroatoms. The van der Waals surface area contributed by atoms with Crippen LogP contribution in [0.3, 0.4) is 0 Å². The van der Waals surface area contributed by atoms with Crippen molar-refractivity contribution >= 4 is 11.9 Å². The molecule has 0 bridgehead atoms. The maximum atomic E-state index is 13.0. The van der Waals surface area contributed by atoms with Gasteiger partial charge in [0.1, 0.15) is 0 Å². The van der Waals surface area contributed by atoms with E-state index in [9.17, 15) is 9.59 Å². The van der Waals surface area contributed by atoms with Gasteiger partial charge in [0.25, 0.3) is 5.91 Å². The monoisotopic (exact) mass is 368 g/mol. The maximum Gasteiger partial charge on any atom is 0.307 e. The molecule has 1 aromatic heterocycles. The summed E-state index contributed by atoms with van der Waals surface area (Å²) in [5, 5.41) is 0. The van der Waals surface area contributed by atoms with Gasteiger partial charge in [0.15, 0.2) is 0 Å². The molecule has 0 aliphatic carbocycles.